The standard InChI is InChI=1S/C23H28N4O2.ClH/c1(2-16-28-20-8-4-18(5-9-20)22-24-12-13-25-22)3-17-29-21-10-6-19(7-11-21)23-26-14-15-27-23;/h4-11H,1-3,12-17H2,(H,24,25)(H,26,27);1H. The van der Waals surface area contributed by atoms with Crippen LogP contribution in [0.25, 0.3) is 0 Å². The summed E-state index contributed by atoms with van der Waals surface area (Å²) < 4.78 is 11.7. The van der Waals surface area contributed by atoms with E-state index in [1.54, 1.807) is 0 Å². The van der Waals surface area contributed by atoms with E-state index in [0.29, 0.717) is 0 Å². The van der Waals surface area contributed by atoms with Crippen molar-refractivity contribution in [1.82, 2.24) is 10.6 Å². The fraction of sp³-hybridized carbons (Fsp3) is 0.391. The molecule has 2 aromatic carbocycles. The molecule has 0 saturated heterocycles. The van der Waals surface area contributed by atoms with Gasteiger partial charge in [-0.3, -0.25) is 9.98 Å². The molecule has 160 valence electrons. The van der Waals surface area contributed by atoms with Gasteiger partial charge in [-0.2, -0.15) is 0 Å². The molecule has 2 aromatic rings. The quantitative estimate of drug-likeness (QED) is 0.569. The van der Waals surface area contributed by atoms with Crippen LogP contribution in [0.15, 0.2) is 58.5 Å². The Morgan fingerprint density at radius 2 is 1.07 bits per heavy atom. The Labute approximate surface area is 184 Å². The summed E-state index contributed by atoms with van der Waals surface area (Å²) in [6.07, 6.45) is 3.12. The maximum Gasteiger partial charge on any atom is 0.128 e. The van der Waals surface area contributed by atoms with Crippen molar-refractivity contribution < 1.29 is 9.47 Å². The zero-order valence-corrected chi connectivity index (χ0v) is 17.9. The minimum Gasteiger partial charge on any atom is -0.494 e. The lowest BCUT2D eigenvalue weighted by atomic mass is 10.2. The Bertz CT molecular complexity index is 779. The Morgan fingerprint density at radius 3 is 1.43 bits per heavy atom. The smallest absolute Gasteiger partial charge is 0.128 e. The normalized spacial score (nSPS) is 14.8. The summed E-state index contributed by atoms with van der Waals surface area (Å²) >= 11 is 0. The van der Waals surface area contributed by atoms with Gasteiger partial charge in [-0.15, -0.1) is 12.4 Å². The number of ether oxygens (including phenoxy) is 2. The number of halogens is 1. The Balaban J connectivity index is 0.00000256. The second-order valence-electron chi connectivity index (χ2n) is 7.12. The van der Waals surface area contributed by atoms with Crippen LogP contribution in [-0.2, 0) is 0 Å². The summed E-state index contributed by atoms with van der Waals surface area (Å²) in [5, 5.41) is 6.56. The minimum atomic E-state index is 0. The molecule has 6 nitrogen and oxygen atoms in total. The molecule has 2 N–H and O–H groups in total. The molecule has 0 bridgehead atoms. The van der Waals surface area contributed by atoms with Gasteiger partial charge in [0.25, 0.3) is 0 Å². The molecule has 0 unspecified atom stereocenters. The zero-order valence-electron chi connectivity index (χ0n) is 17.1. The fourth-order valence-corrected chi connectivity index (χ4v) is 3.36. The van der Waals surface area contributed by atoms with Crippen molar-refractivity contribution >= 4 is 24.1 Å². The number of hydrogen-bond acceptors (Lipinski definition) is 6. The molecular formula is C23H29ClN4O2. The molecule has 2 aliphatic rings. The minimum absolute atomic E-state index is 0. The first kappa shape index (κ1) is 22.0. The van der Waals surface area contributed by atoms with E-state index in [9.17, 15) is 0 Å². The van der Waals surface area contributed by atoms with E-state index in [1.165, 1.54) is 0 Å². The monoisotopic (exact) mass is 428 g/mol. The Hall–Kier alpha value is -2.73. The topological polar surface area (TPSA) is 67.2 Å². The molecule has 7 heteroatoms. The van der Waals surface area contributed by atoms with Gasteiger partial charge >= 0.3 is 0 Å². The van der Waals surface area contributed by atoms with Crippen LogP contribution in [0.3, 0.4) is 0 Å². The zero-order chi connectivity index (χ0) is 19.7. The number of unbranched alkanes of at least 4 members (excludes halogenated alkanes) is 2. The van der Waals surface area contributed by atoms with E-state index in [-0.39, 0.29) is 12.4 Å². The van der Waals surface area contributed by atoms with Crippen LogP contribution in [0.4, 0.5) is 0 Å². The van der Waals surface area contributed by atoms with Crippen molar-refractivity contribution in [2.45, 2.75) is 19.3 Å². The largest absolute Gasteiger partial charge is 0.494 e. The second-order valence-corrected chi connectivity index (χ2v) is 7.12. The molecule has 0 aliphatic carbocycles. The molecule has 0 saturated carbocycles. The third kappa shape index (κ3) is 6.13. The summed E-state index contributed by atoms with van der Waals surface area (Å²) in [4.78, 5) is 8.86. The molecule has 2 aliphatic heterocycles. The predicted octanol–water partition coefficient (Wildman–Crippen LogP) is 3.44. The molecule has 0 spiro atoms. The van der Waals surface area contributed by atoms with Gasteiger partial charge in [0.05, 0.1) is 26.3 Å². The maximum atomic E-state index is 5.83. The number of nitrogens with zero attached hydrogens (tertiary/aromatic N) is 2. The Kier molecular flexibility index (Phi) is 8.39. The number of nitrogens with one attached hydrogen (secondary N) is 2. The third-order valence-corrected chi connectivity index (χ3v) is 4.93. The van der Waals surface area contributed by atoms with Crippen molar-refractivity contribution in [2.24, 2.45) is 9.98 Å². The fourth-order valence-electron chi connectivity index (χ4n) is 3.36. The van der Waals surface area contributed by atoms with Crippen molar-refractivity contribution in [1.29, 1.82) is 0 Å². The lowest BCUT2D eigenvalue weighted by Crippen LogP contribution is -2.19. The highest BCUT2D eigenvalue weighted by molar-refractivity contribution is 6.00. The van der Waals surface area contributed by atoms with E-state index in [1.807, 2.05) is 24.3 Å². The van der Waals surface area contributed by atoms with E-state index < -0.39 is 0 Å². The van der Waals surface area contributed by atoms with Crippen molar-refractivity contribution in [3.8, 4) is 11.5 Å². The highest BCUT2D eigenvalue weighted by atomic mass is 35.5. The number of aliphatic imine (C=N–C) groups is 2. The predicted molar refractivity (Wildman–Crippen MR) is 124 cm³/mol. The number of rotatable bonds is 10. The molecule has 2 heterocycles. The van der Waals surface area contributed by atoms with Crippen molar-refractivity contribution in [3.05, 3.63) is 59.7 Å². The number of amidine groups is 2. The van der Waals surface area contributed by atoms with Crippen LogP contribution in [0.2, 0.25) is 0 Å². The first-order chi connectivity index (χ1) is 14.4. The molecule has 0 atom stereocenters. The van der Waals surface area contributed by atoms with Gasteiger partial charge in [0, 0.05) is 24.2 Å². The lowest BCUT2D eigenvalue weighted by molar-refractivity contribution is 0.279. The third-order valence-electron chi connectivity index (χ3n) is 4.93. The van der Waals surface area contributed by atoms with Gasteiger partial charge in [0.1, 0.15) is 23.2 Å². The summed E-state index contributed by atoms with van der Waals surface area (Å²) in [7, 11) is 0. The van der Waals surface area contributed by atoms with E-state index in [4.69, 9.17) is 9.47 Å². The van der Waals surface area contributed by atoms with Crippen LogP contribution >= 0.6 is 12.4 Å². The second kappa shape index (κ2) is 11.5. The average molecular weight is 429 g/mol. The van der Waals surface area contributed by atoms with E-state index in [0.717, 1.165) is 93.0 Å². The van der Waals surface area contributed by atoms with Gasteiger partial charge in [-0.1, -0.05) is 0 Å². The van der Waals surface area contributed by atoms with E-state index >= 15 is 0 Å². The molecule has 0 radical (unpaired) electrons. The summed E-state index contributed by atoms with van der Waals surface area (Å²) in [6, 6.07) is 16.3. The van der Waals surface area contributed by atoms with Crippen LogP contribution in [0.5, 0.6) is 11.5 Å². The van der Waals surface area contributed by atoms with Gasteiger partial charge < -0.3 is 20.1 Å². The van der Waals surface area contributed by atoms with E-state index in [2.05, 4.69) is 44.9 Å². The lowest BCUT2D eigenvalue weighted by Gasteiger charge is -2.09. The van der Waals surface area contributed by atoms with Crippen LogP contribution in [0.1, 0.15) is 30.4 Å². The SMILES string of the molecule is Cl.c1cc(C2=NCCN2)ccc1OCCCCCOc1ccc(C2=NCCN2)cc1. The van der Waals surface area contributed by atoms with Gasteiger partial charge in [0.15, 0.2) is 0 Å². The molecule has 0 amide bonds. The summed E-state index contributed by atoms with van der Waals surface area (Å²) in [6.45, 7) is 5.02. The van der Waals surface area contributed by atoms with Crippen LogP contribution < -0.4 is 20.1 Å². The van der Waals surface area contributed by atoms with Crippen molar-refractivity contribution in [2.75, 3.05) is 39.4 Å². The summed E-state index contributed by atoms with van der Waals surface area (Å²) in [5.74, 6) is 3.78. The first-order valence-corrected chi connectivity index (χ1v) is 10.4. The first-order valence-electron chi connectivity index (χ1n) is 10.4. The van der Waals surface area contributed by atoms with Gasteiger partial charge in [0.2, 0.25) is 0 Å². The highest BCUT2D eigenvalue weighted by Crippen LogP contribution is 2.15. The average Bonchev–Trinajstić information content (AvgIpc) is 3.48. The highest BCUT2D eigenvalue weighted by Gasteiger charge is 2.08. The summed E-state index contributed by atoms with van der Waals surface area (Å²) in [5.41, 5.74) is 2.24. The maximum absolute atomic E-state index is 5.83. The van der Waals surface area contributed by atoms with Crippen LogP contribution in [-0.4, -0.2) is 51.1 Å². The number of benzene rings is 2. The number of hydrogen-bond donors (Lipinski definition) is 2. The van der Waals surface area contributed by atoms with Crippen molar-refractivity contribution in [3.63, 3.8) is 0 Å². The molecule has 30 heavy (non-hydrogen) atoms. The molecule has 4 rings (SSSR count). The van der Waals surface area contributed by atoms with Gasteiger partial charge in [-0.25, -0.2) is 0 Å². The van der Waals surface area contributed by atoms with Crippen LogP contribution in [0, 0.1) is 0 Å². The molecule has 0 aromatic heterocycles. The molecular weight excluding hydrogens is 400 g/mol. The van der Waals surface area contributed by atoms with Gasteiger partial charge in [-0.05, 0) is 67.8 Å². The Morgan fingerprint density at radius 1 is 0.633 bits per heavy atom. The molecule has 0 fully saturated rings.